The summed E-state index contributed by atoms with van der Waals surface area (Å²) >= 11 is 0. The van der Waals surface area contributed by atoms with Crippen molar-refractivity contribution in [1.29, 1.82) is 0 Å². The Morgan fingerprint density at radius 2 is 2.13 bits per heavy atom. The van der Waals surface area contributed by atoms with Crippen molar-refractivity contribution >= 4 is 16.9 Å². The number of hydrogen-bond acceptors (Lipinski definition) is 7. The van der Waals surface area contributed by atoms with Crippen LogP contribution < -0.4 is 10.4 Å². The Hall–Kier alpha value is -2.96. The largest absolute Gasteiger partial charge is 0.497 e. The maximum absolute atomic E-state index is 11.9. The van der Waals surface area contributed by atoms with Gasteiger partial charge in [-0.3, -0.25) is 0 Å². The van der Waals surface area contributed by atoms with E-state index in [1.165, 1.54) is 19.4 Å². The molecule has 120 valence electrons. The van der Waals surface area contributed by atoms with Crippen LogP contribution in [0.15, 0.2) is 45.5 Å². The molecular formula is C16H14O7. The number of esters is 1. The number of carbonyl (C=O) groups is 1. The fourth-order valence-corrected chi connectivity index (χ4v) is 2.15. The van der Waals surface area contributed by atoms with Crippen molar-refractivity contribution in [2.24, 2.45) is 0 Å². The lowest BCUT2D eigenvalue weighted by atomic mass is 10.1. The molecule has 1 aromatic carbocycles. The van der Waals surface area contributed by atoms with Gasteiger partial charge in [0.15, 0.2) is 0 Å². The zero-order valence-electron chi connectivity index (χ0n) is 12.4. The van der Waals surface area contributed by atoms with Gasteiger partial charge in [0.05, 0.1) is 7.11 Å². The molecular weight excluding hydrogens is 304 g/mol. The molecule has 0 aliphatic carbocycles. The molecule has 0 bridgehead atoms. The van der Waals surface area contributed by atoms with Crippen LogP contribution in [0.1, 0.15) is 5.56 Å². The highest BCUT2D eigenvalue weighted by Crippen LogP contribution is 2.23. The lowest BCUT2D eigenvalue weighted by Crippen LogP contribution is -2.17. The topological polar surface area (TPSA) is 84.2 Å². The van der Waals surface area contributed by atoms with Crippen molar-refractivity contribution < 1.29 is 28.2 Å². The maximum Gasteiger partial charge on any atom is 0.377 e. The standard InChI is InChI=1S/C16H14O7/c1-19-11-2-3-12-10(6-15(17)23-13(12)7-11)8-22-16(18)14-9-20-4-5-21-14/h2-3,6-7,9H,4-5,8H2,1H3. The van der Waals surface area contributed by atoms with Crippen LogP contribution >= 0.6 is 0 Å². The number of ether oxygens (including phenoxy) is 4. The second-order valence-electron chi connectivity index (χ2n) is 4.73. The fourth-order valence-electron chi connectivity index (χ4n) is 2.15. The Balaban J connectivity index is 1.83. The van der Waals surface area contributed by atoms with E-state index in [1.54, 1.807) is 18.2 Å². The van der Waals surface area contributed by atoms with Crippen molar-refractivity contribution in [3.63, 3.8) is 0 Å². The van der Waals surface area contributed by atoms with Crippen LogP contribution in [-0.2, 0) is 25.6 Å². The van der Waals surface area contributed by atoms with E-state index in [1.807, 2.05) is 0 Å². The number of carbonyl (C=O) groups excluding carboxylic acids is 1. The van der Waals surface area contributed by atoms with Gasteiger partial charge in [-0.05, 0) is 12.1 Å². The lowest BCUT2D eigenvalue weighted by molar-refractivity contribution is -0.145. The Kier molecular flexibility index (Phi) is 4.18. The molecule has 0 saturated heterocycles. The molecule has 0 unspecified atom stereocenters. The van der Waals surface area contributed by atoms with E-state index in [-0.39, 0.29) is 12.4 Å². The van der Waals surface area contributed by atoms with E-state index >= 15 is 0 Å². The average molecular weight is 318 g/mol. The van der Waals surface area contributed by atoms with Crippen LogP contribution in [0.5, 0.6) is 5.75 Å². The van der Waals surface area contributed by atoms with Crippen molar-refractivity contribution in [3.8, 4) is 5.75 Å². The van der Waals surface area contributed by atoms with Gasteiger partial charge in [-0.2, -0.15) is 0 Å². The first kappa shape index (κ1) is 15.0. The lowest BCUT2D eigenvalue weighted by Gasteiger charge is -2.14. The fraction of sp³-hybridized carbons (Fsp3) is 0.250. The molecule has 1 aliphatic rings. The molecule has 0 atom stereocenters. The van der Waals surface area contributed by atoms with Gasteiger partial charge in [-0.1, -0.05) is 0 Å². The Morgan fingerprint density at radius 1 is 1.26 bits per heavy atom. The Morgan fingerprint density at radius 3 is 2.87 bits per heavy atom. The molecule has 23 heavy (non-hydrogen) atoms. The van der Waals surface area contributed by atoms with Crippen LogP contribution in [0, 0.1) is 0 Å². The first-order valence-electron chi connectivity index (χ1n) is 6.90. The third-order valence-corrected chi connectivity index (χ3v) is 3.25. The molecule has 3 rings (SSSR count). The molecule has 0 radical (unpaired) electrons. The molecule has 0 spiro atoms. The summed E-state index contributed by atoms with van der Waals surface area (Å²) in [7, 11) is 1.52. The van der Waals surface area contributed by atoms with Crippen LogP contribution in [-0.4, -0.2) is 26.3 Å². The van der Waals surface area contributed by atoms with Gasteiger partial charge >= 0.3 is 11.6 Å². The van der Waals surface area contributed by atoms with E-state index in [2.05, 4.69) is 0 Å². The summed E-state index contributed by atoms with van der Waals surface area (Å²) in [5.41, 5.74) is 0.359. The normalized spacial score (nSPS) is 13.7. The summed E-state index contributed by atoms with van der Waals surface area (Å²) in [6.45, 7) is 0.593. The van der Waals surface area contributed by atoms with Gasteiger partial charge < -0.3 is 23.4 Å². The second-order valence-corrected chi connectivity index (χ2v) is 4.73. The van der Waals surface area contributed by atoms with E-state index in [9.17, 15) is 9.59 Å². The zero-order chi connectivity index (χ0) is 16.2. The van der Waals surface area contributed by atoms with Crippen LogP contribution in [0.2, 0.25) is 0 Å². The molecule has 1 aliphatic heterocycles. The number of hydrogen-bond donors (Lipinski definition) is 0. The molecule has 0 N–H and O–H groups in total. The van der Waals surface area contributed by atoms with Gasteiger partial charge in [-0.25, -0.2) is 9.59 Å². The van der Waals surface area contributed by atoms with Gasteiger partial charge in [0.2, 0.25) is 5.76 Å². The highest BCUT2D eigenvalue weighted by Gasteiger charge is 2.17. The van der Waals surface area contributed by atoms with Gasteiger partial charge in [0.25, 0.3) is 0 Å². The van der Waals surface area contributed by atoms with Crippen molar-refractivity contribution in [3.05, 3.63) is 52.3 Å². The summed E-state index contributed by atoms with van der Waals surface area (Å²) in [6, 6.07) is 6.35. The molecule has 7 heteroatoms. The molecule has 0 saturated carbocycles. The highest BCUT2D eigenvalue weighted by molar-refractivity contribution is 5.86. The molecule has 2 aromatic rings. The van der Waals surface area contributed by atoms with Crippen molar-refractivity contribution in [2.45, 2.75) is 6.61 Å². The SMILES string of the molecule is COc1ccc2c(COC(=O)C3=COCCO3)cc(=O)oc2c1. The molecule has 1 aromatic heterocycles. The van der Waals surface area contributed by atoms with Gasteiger partial charge in [0, 0.05) is 23.1 Å². The summed E-state index contributed by atoms with van der Waals surface area (Å²) in [5.74, 6) is -0.0857. The number of fused-ring (bicyclic) bond motifs is 1. The summed E-state index contributed by atoms with van der Waals surface area (Å²) < 4.78 is 25.5. The van der Waals surface area contributed by atoms with Crippen molar-refractivity contribution in [1.82, 2.24) is 0 Å². The van der Waals surface area contributed by atoms with Crippen LogP contribution in [0.4, 0.5) is 0 Å². The van der Waals surface area contributed by atoms with Crippen LogP contribution in [0.25, 0.3) is 11.0 Å². The maximum atomic E-state index is 11.9. The van der Waals surface area contributed by atoms with Crippen molar-refractivity contribution in [2.75, 3.05) is 20.3 Å². The predicted molar refractivity (Wildman–Crippen MR) is 78.8 cm³/mol. The highest BCUT2D eigenvalue weighted by atomic mass is 16.6. The van der Waals surface area contributed by atoms with Gasteiger partial charge in [0.1, 0.15) is 37.4 Å². The zero-order valence-corrected chi connectivity index (χ0v) is 12.4. The average Bonchev–Trinajstić information content (AvgIpc) is 2.59. The third-order valence-electron chi connectivity index (χ3n) is 3.25. The molecule has 0 fully saturated rings. The van der Waals surface area contributed by atoms with E-state index in [0.29, 0.717) is 35.5 Å². The van der Waals surface area contributed by atoms with E-state index in [0.717, 1.165) is 0 Å². The first-order chi connectivity index (χ1) is 11.2. The quantitative estimate of drug-likeness (QED) is 0.627. The molecule has 7 nitrogen and oxygen atoms in total. The third kappa shape index (κ3) is 3.28. The summed E-state index contributed by atoms with van der Waals surface area (Å²) in [5, 5.41) is 0.660. The summed E-state index contributed by atoms with van der Waals surface area (Å²) in [4.78, 5) is 23.5. The van der Waals surface area contributed by atoms with Crippen LogP contribution in [0.3, 0.4) is 0 Å². The molecule has 2 heterocycles. The Bertz CT molecular complexity index is 819. The number of rotatable bonds is 4. The summed E-state index contributed by atoms with van der Waals surface area (Å²) in [6.07, 6.45) is 1.22. The monoisotopic (exact) mass is 318 g/mol. The van der Waals surface area contributed by atoms with Gasteiger partial charge in [-0.15, -0.1) is 0 Å². The predicted octanol–water partition coefficient (Wildman–Crippen LogP) is 1.73. The smallest absolute Gasteiger partial charge is 0.377 e. The van der Waals surface area contributed by atoms with E-state index < -0.39 is 11.6 Å². The first-order valence-corrected chi connectivity index (χ1v) is 6.90. The minimum Gasteiger partial charge on any atom is -0.497 e. The number of methoxy groups -OCH3 is 1. The molecule has 0 amide bonds. The minimum absolute atomic E-state index is 0.00481. The Labute approximate surface area is 131 Å². The second kappa shape index (κ2) is 6.43. The van der Waals surface area contributed by atoms with E-state index in [4.69, 9.17) is 23.4 Å². The number of benzene rings is 1. The minimum atomic E-state index is -0.653.